The highest BCUT2D eigenvalue weighted by Gasteiger charge is 2.35. The zero-order valence-electron chi connectivity index (χ0n) is 18.3. The first kappa shape index (κ1) is 21.1. The lowest BCUT2D eigenvalue weighted by Crippen LogP contribution is -2.20. The van der Waals surface area contributed by atoms with E-state index in [2.05, 4.69) is 15.2 Å². The van der Waals surface area contributed by atoms with Crippen molar-refractivity contribution in [1.29, 1.82) is 0 Å². The number of hydrogen-bond donors (Lipinski definition) is 1. The summed E-state index contributed by atoms with van der Waals surface area (Å²) in [4.78, 5) is 46.6. The molecular formula is C24H26N4O3. The van der Waals surface area contributed by atoms with Crippen LogP contribution in [0.4, 0.5) is 0 Å². The van der Waals surface area contributed by atoms with E-state index in [1.54, 1.807) is 18.4 Å². The van der Waals surface area contributed by atoms with Gasteiger partial charge in [0.05, 0.1) is 22.5 Å². The molecule has 7 nitrogen and oxygen atoms in total. The van der Waals surface area contributed by atoms with Crippen molar-refractivity contribution in [2.75, 3.05) is 41.3 Å². The Labute approximate surface area is 181 Å². The SMILES string of the molecule is CN(C)CCC1=C2C(=O)C=CC(C3=CC(=O)C4=C(CCN(C)C)C(=O)NC4=C3)=C2N=C1. The lowest BCUT2D eigenvalue weighted by atomic mass is 9.86. The molecule has 0 unspecified atom stereocenters. The molecular weight excluding hydrogens is 392 g/mol. The molecule has 4 rings (SSSR count). The molecule has 0 spiro atoms. The third kappa shape index (κ3) is 3.94. The van der Waals surface area contributed by atoms with Crippen molar-refractivity contribution < 1.29 is 14.4 Å². The highest BCUT2D eigenvalue weighted by atomic mass is 16.2. The first-order valence-corrected chi connectivity index (χ1v) is 10.3. The molecule has 160 valence electrons. The molecule has 0 saturated carbocycles. The number of aliphatic imine (C=N–C) groups is 1. The number of carbonyl (C=O) groups is 3. The van der Waals surface area contributed by atoms with E-state index < -0.39 is 0 Å². The second-order valence-electron chi connectivity index (χ2n) is 8.55. The number of fused-ring (bicyclic) bond motifs is 2. The van der Waals surface area contributed by atoms with E-state index in [1.807, 2.05) is 39.2 Å². The van der Waals surface area contributed by atoms with Crippen molar-refractivity contribution >= 4 is 23.7 Å². The highest BCUT2D eigenvalue weighted by Crippen LogP contribution is 2.38. The first-order chi connectivity index (χ1) is 14.8. The molecule has 0 aromatic carbocycles. The van der Waals surface area contributed by atoms with Crippen molar-refractivity contribution in [2.24, 2.45) is 4.99 Å². The topological polar surface area (TPSA) is 82.1 Å². The van der Waals surface area contributed by atoms with Crippen LogP contribution in [-0.4, -0.2) is 74.8 Å². The Morgan fingerprint density at radius 1 is 0.871 bits per heavy atom. The summed E-state index contributed by atoms with van der Waals surface area (Å²) in [5, 5.41) is 2.84. The smallest absolute Gasteiger partial charge is 0.252 e. The molecule has 0 bridgehead atoms. The van der Waals surface area contributed by atoms with E-state index in [0.29, 0.717) is 46.7 Å². The molecule has 1 N–H and O–H groups in total. The van der Waals surface area contributed by atoms with E-state index in [-0.39, 0.29) is 17.5 Å². The van der Waals surface area contributed by atoms with Gasteiger partial charge in [0, 0.05) is 30.5 Å². The molecule has 4 aliphatic rings. The summed E-state index contributed by atoms with van der Waals surface area (Å²) in [6.45, 7) is 1.49. The third-order valence-corrected chi connectivity index (χ3v) is 5.68. The number of nitrogens with one attached hydrogen (secondary N) is 1. The lowest BCUT2D eigenvalue weighted by molar-refractivity contribution is -0.116. The minimum absolute atomic E-state index is 0.0684. The first-order valence-electron chi connectivity index (χ1n) is 10.3. The average molecular weight is 418 g/mol. The van der Waals surface area contributed by atoms with Crippen LogP contribution in [-0.2, 0) is 14.4 Å². The number of amides is 1. The van der Waals surface area contributed by atoms with Crippen molar-refractivity contribution in [2.45, 2.75) is 12.8 Å². The van der Waals surface area contributed by atoms with Crippen LogP contribution in [0.2, 0.25) is 0 Å². The Bertz CT molecular complexity index is 1110. The molecule has 0 saturated heterocycles. The molecule has 31 heavy (non-hydrogen) atoms. The third-order valence-electron chi connectivity index (χ3n) is 5.68. The van der Waals surface area contributed by atoms with E-state index in [9.17, 15) is 14.4 Å². The van der Waals surface area contributed by atoms with Gasteiger partial charge in [0.25, 0.3) is 5.91 Å². The molecule has 7 heteroatoms. The van der Waals surface area contributed by atoms with Gasteiger partial charge in [-0.25, -0.2) is 0 Å². The molecule has 0 fully saturated rings. The van der Waals surface area contributed by atoms with Crippen LogP contribution in [0.15, 0.2) is 74.1 Å². The maximum absolute atomic E-state index is 13.0. The second kappa shape index (κ2) is 8.17. The van der Waals surface area contributed by atoms with Crippen LogP contribution < -0.4 is 5.32 Å². The molecule has 0 radical (unpaired) electrons. The van der Waals surface area contributed by atoms with Gasteiger partial charge in [0.1, 0.15) is 0 Å². The summed E-state index contributed by atoms with van der Waals surface area (Å²) >= 11 is 0. The zero-order valence-corrected chi connectivity index (χ0v) is 18.3. The standard InChI is InChI=1S/C24H26N4O3/c1-27(2)9-7-14-13-25-23-16(5-6-19(29)21(14)23)15-11-18-22(20(30)12-15)17(24(31)26-18)8-10-28(3)4/h5-6,11-13H,7-10H2,1-4H3,(H,26,31). The second-order valence-corrected chi connectivity index (χ2v) is 8.55. The van der Waals surface area contributed by atoms with Gasteiger partial charge in [-0.2, -0.15) is 0 Å². The average Bonchev–Trinajstić information content (AvgIpc) is 3.26. The fourth-order valence-electron chi connectivity index (χ4n) is 4.06. The zero-order chi connectivity index (χ0) is 22.3. The van der Waals surface area contributed by atoms with Gasteiger partial charge < -0.3 is 15.1 Å². The maximum atomic E-state index is 13.0. The summed E-state index contributed by atoms with van der Waals surface area (Å²) in [5.74, 6) is -0.483. The molecule has 2 aliphatic carbocycles. The van der Waals surface area contributed by atoms with Gasteiger partial charge in [0.15, 0.2) is 11.6 Å². The van der Waals surface area contributed by atoms with Gasteiger partial charge in [0.2, 0.25) is 0 Å². The number of nitrogens with zero attached hydrogens (tertiary/aromatic N) is 3. The van der Waals surface area contributed by atoms with Gasteiger partial charge in [-0.15, -0.1) is 0 Å². The normalized spacial score (nSPS) is 20.3. The number of rotatable bonds is 7. The van der Waals surface area contributed by atoms with E-state index in [1.165, 1.54) is 6.08 Å². The fraction of sp³-hybridized carbons (Fsp3) is 0.333. The van der Waals surface area contributed by atoms with Gasteiger partial charge in [-0.05, 0) is 76.5 Å². The molecule has 0 atom stereocenters. The number of carbonyl (C=O) groups excluding carboxylic acids is 3. The summed E-state index contributed by atoms with van der Waals surface area (Å²) in [7, 11) is 7.83. The van der Waals surface area contributed by atoms with Crippen molar-refractivity contribution in [1.82, 2.24) is 15.1 Å². The van der Waals surface area contributed by atoms with E-state index in [4.69, 9.17) is 0 Å². The summed E-state index contributed by atoms with van der Waals surface area (Å²) in [6.07, 6.45) is 9.58. The fourth-order valence-corrected chi connectivity index (χ4v) is 4.06. The van der Waals surface area contributed by atoms with Crippen LogP contribution in [0.1, 0.15) is 12.8 Å². The van der Waals surface area contributed by atoms with E-state index in [0.717, 1.165) is 24.1 Å². The Balaban J connectivity index is 1.70. The van der Waals surface area contributed by atoms with Crippen molar-refractivity contribution in [3.63, 3.8) is 0 Å². The predicted molar refractivity (Wildman–Crippen MR) is 119 cm³/mol. The van der Waals surface area contributed by atoms with E-state index >= 15 is 0 Å². The summed E-state index contributed by atoms with van der Waals surface area (Å²) in [6, 6.07) is 0. The van der Waals surface area contributed by atoms with Crippen LogP contribution in [0.3, 0.4) is 0 Å². The van der Waals surface area contributed by atoms with Gasteiger partial charge >= 0.3 is 0 Å². The monoisotopic (exact) mass is 418 g/mol. The van der Waals surface area contributed by atoms with Crippen LogP contribution in [0, 0.1) is 0 Å². The predicted octanol–water partition coefficient (Wildman–Crippen LogP) is 1.48. The molecule has 2 heterocycles. The van der Waals surface area contributed by atoms with Gasteiger partial charge in [-0.1, -0.05) is 0 Å². The Morgan fingerprint density at radius 2 is 1.58 bits per heavy atom. The van der Waals surface area contributed by atoms with Crippen LogP contribution in [0.25, 0.3) is 0 Å². The summed E-state index contributed by atoms with van der Waals surface area (Å²) < 4.78 is 0. The largest absolute Gasteiger partial charge is 0.322 e. The highest BCUT2D eigenvalue weighted by molar-refractivity contribution is 6.20. The quantitative estimate of drug-likeness (QED) is 0.677. The number of allylic oxidation sites excluding steroid dienone is 8. The Kier molecular flexibility index (Phi) is 5.56. The Morgan fingerprint density at radius 3 is 2.29 bits per heavy atom. The lowest BCUT2D eigenvalue weighted by Gasteiger charge is -2.18. The van der Waals surface area contributed by atoms with Crippen molar-refractivity contribution in [3.05, 3.63) is 69.1 Å². The van der Waals surface area contributed by atoms with Crippen LogP contribution >= 0.6 is 0 Å². The minimum Gasteiger partial charge on any atom is -0.322 e. The molecule has 0 aromatic rings. The Hall–Kier alpha value is -3.16. The molecule has 1 amide bonds. The van der Waals surface area contributed by atoms with Gasteiger partial charge in [-0.3, -0.25) is 19.4 Å². The minimum atomic E-state index is -0.219. The summed E-state index contributed by atoms with van der Waals surface area (Å²) in [5.41, 5.74) is 5.00. The number of hydrogen-bond acceptors (Lipinski definition) is 6. The van der Waals surface area contributed by atoms with Crippen molar-refractivity contribution in [3.8, 4) is 0 Å². The number of ketones is 2. The van der Waals surface area contributed by atoms with Crippen LogP contribution in [0.5, 0.6) is 0 Å². The molecule has 0 aromatic heterocycles. The molecule has 2 aliphatic heterocycles. The maximum Gasteiger partial charge on any atom is 0.252 e.